The van der Waals surface area contributed by atoms with Crippen molar-refractivity contribution in [3.05, 3.63) is 95.8 Å². The van der Waals surface area contributed by atoms with Gasteiger partial charge < -0.3 is 5.32 Å². The van der Waals surface area contributed by atoms with Gasteiger partial charge in [-0.3, -0.25) is 9.36 Å². The van der Waals surface area contributed by atoms with Crippen LogP contribution in [0.2, 0.25) is 0 Å². The molecular weight excluding hydrogens is 460 g/mol. The van der Waals surface area contributed by atoms with Gasteiger partial charge in [0.2, 0.25) is 5.91 Å². The normalized spacial score (nSPS) is 11.9. The lowest BCUT2D eigenvalue weighted by Gasteiger charge is -2.18. The number of amides is 1. The van der Waals surface area contributed by atoms with Crippen molar-refractivity contribution in [2.24, 2.45) is 0 Å². The van der Waals surface area contributed by atoms with E-state index in [9.17, 15) is 4.79 Å². The van der Waals surface area contributed by atoms with E-state index in [1.165, 1.54) is 16.7 Å². The fourth-order valence-electron chi connectivity index (χ4n) is 3.64. The van der Waals surface area contributed by atoms with Gasteiger partial charge >= 0.3 is 0 Å². The number of hydrogen-bond donors (Lipinski definition) is 1. The minimum absolute atomic E-state index is 0.0206. The number of para-hydroxylation sites is 2. The molecule has 0 fully saturated rings. The van der Waals surface area contributed by atoms with Crippen molar-refractivity contribution in [2.45, 2.75) is 48.2 Å². The summed E-state index contributed by atoms with van der Waals surface area (Å²) < 4.78 is 2.07. The average Bonchev–Trinajstić information content (AvgIpc) is 3.27. The fourth-order valence-corrected chi connectivity index (χ4v) is 5.46. The van der Waals surface area contributed by atoms with Crippen LogP contribution >= 0.6 is 23.5 Å². The van der Waals surface area contributed by atoms with Gasteiger partial charge in [0.15, 0.2) is 5.16 Å². The minimum Gasteiger partial charge on any atom is -0.325 e. The highest BCUT2D eigenvalue weighted by Gasteiger charge is 2.24. The van der Waals surface area contributed by atoms with Crippen LogP contribution in [-0.2, 0) is 10.5 Å². The molecule has 0 aliphatic rings. The number of aromatic nitrogens is 3. The van der Waals surface area contributed by atoms with Gasteiger partial charge in [-0.1, -0.05) is 73.3 Å². The van der Waals surface area contributed by atoms with Crippen LogP contribution < -0.4 is 5.32 Å². The van der Waals surface area contributed by atoms with Crippen molar-refractivity contribution in [3.8, 4) is 5.69 Å². The molecule has 1 N–H and O–H groups in total. The molecule has 3 aromatic carbocycles. The van der Waals surface area contributed by atoms with Crippen molar-refractivity contribution >= 4 is 35.1 Å². The summed E-state index contributed by atoms with van der Waals surface area (Å²) >= 11 is 3.18. The maximum absolute atomic E-state index is 13.2. The highest BCUT2D eigenvalue weighted by atomic mass is 32.2. The highest BCUT2D eigenvalue weighted by molar-refractivity contribution is 8.00. The van der Waals surface area contributed by atoms with E-state index in [1.54, 1.807) is 11.8 Å². The summed E-state index contributed by atoms with van der Waals surface area (Å²) in [5.74, 6) is 1.51. The number of benzene rings is 3. The molecule has 34 heavy (non-hydrogen) atoms. The predicted molar refractivity (Wildman–Crippen MR) is 142 cm³/mol. The summed E-state index contributed by atoms with van der Waals surface area (Å²) in [5, 5.41) is 12.6. The molecule has 1 unspecified atom stereocenters. The van der Waals surface area contributed by atoms with E-state index in [2.05, 4.69) is 32.2 Å². The molecule has 1 atom stereocenters. The Morgan fingerprint density at radius 3 is 2.21 bits per heavy atom. The first-order chi connectivity index (χ1) is 16.6. The zero-order valence-corrected chi connectivity index (χ0v) is 21.2. The molecule has 4 aromatic rings. The Bertz CT molecular complexity index is 1220. The number of nitrogens with zero attached hydrogens (tertiary/aromatic N) is 3. The molecule has 0 bridgehead atoms. The van der Waals surface area contributed by atoms with E-state index in [1.807, 2.05) is 87.5 Å². The van der Waals surface area contributed by atoms with Crippen LogP contribution in [0.25, 0.3) is 5.69 Å². The second kappa shape index (κ2) is 11.4. The lowest BCUT2D eigenvalue weighted by atomic mass is 10.1. The summed E-state index contributed by atoms with van der Waals surface area (Å²) in [5.41, 5.74) is 3.99. The molecule has 1 amide bonds. The summed E-state index contributed by atoms with van der Waals surface area (Å²) in [6, 6.07) is 26.4. The predicted octanol–water partition coefficient (Wildman–Crippen LogP) is 6.69. The van der Waals surface area contributed by atoms with Crippen LogP contribution in [0.4, 0.5) is 5.69 Å². The van der Waals surface area contributed by atoms with Crippen LogP contribution in [0.1, 0.15) is 30.3 Å². The minimum atomic E-state index is -0.291. The summed E-state index contributed by atoms with van der Waals surface area (Å²) in [6.45, 7) is 6.05. The SMILES string of the molecule is CCC(Sc1nnc(CSc2ccccc2)n1-c1ccccc1)C(=O)Nc1c(C)cccc1C. The Labute approximate surface area is 209 Å². The van der Waals surface area contributed by atoms with Crippen LogP contribution in [0, 0.1) is 13.8 Å². The lowest BCUT2D eigenvalue weighted by molar-refractivity contribution is -0.115. The third-order valence-electron chi connectivity index (χ3n) is 5.47. The number of aryl methyl sites for hydroxylation is 2. The molecule has 4 rings (SSSR count). The van der Waals surface area contributed by atoms with Crippen LogP contribution in [0.15, 0.2) is 88.9 Å². The van der Waals surface area contributed by atoms with Crippen molar-refractivity contribution in [3.63, 3.8) is 0 Å². The van der Waals surface area contributed by atoms with E-state index >= 15 is 0 Å². The quantitative estimate of drug-likeness (QED) is 0.266. The molecule has 174 valence electrons. The highest BCUT2D eigenvalue weighted by Crippen LogP contribution is 2.31. The third-order valence-corrected chi connectivity index (χ3v) is 7.78. The van der Waals surface area contributed by atoms with Gasteiger partial charge in [-0.15, -0.1) is 22.0 Å². The number of carbonyl (C=O) groups excluding carboxylic acids is 1. The molecule has 0 saturated carbocycles. The van der Waals surface area contributed by atoms with Gasteiger partial charge in [0.1, 0.15) is 5.82 Å². The Kier molecular flexibility index (Phi) is 8.08. The number of rotatable bonds is 9. The van der Waals surface area contributed by atoms with Gasteiger partial charge in [0.25, 0.3) is 0 Å². The molecule has 7 heteroatoms. The maximum atomic E-state index is 13.2. The Morgan fingerprint density at radius 2 is 1.56 bits per heavy atom. The largest absolute Gasteiger partial charge is 0.325 e. The first-order valence-electron chi connectivity index (χ1n) is 11.3. The molecule has 1 aromatic heterocycles. The number of hydrogen-bond acceptors (Lipinski definition) is 5. The first kappa shape index (κ1) is 24.1. The van der Waals surface area contributed by atoms with Gasteiger partial charge in [0.05, 0.1) is 11.0 Å². The number of anilines is 1. The third kappa shape index (κ3) is 5.72. The second-order valence-electron chi connectivity index (χ2n) is 7.94. The molecule has 0 aliphatic heterocycles. The standard InChI is InChI=1S/C27H28N4OS2/c1-4-23(26(32)28-25-19(2)12-11-13-20(25)3)34-27-30-29-24(18-33-22-16-9-6-10-17-22)31(27)21-14-7-5-8-15-21/h5-17,23H,4,18H2,1-3H3,(H,28,32). The van der Waals surface area contributed by atoms with Crippen LogP contribution in [-0.4, -0.2) is 25.9 Å². The summed E-state index contributed by atoms with van der Waals surface area (Å²) in [6.07, 6.45) is 0.678. The van der Waals surface area contributed by atoms with Crippen molar-refractivity contribution in [1.82, 2.24) is 14.8 Å². The van der Waals surface area contributed by atoms with Crippen molar-refractivity contribution in [1.29, 1.82) is 0 Å². The Balaban J connectivity index is 1.58. The average molecular weight is 489 g/mol. The van der Waals surface area contributed by atoms with E-state index < -0.39 is 0 Å². The van der Waals surface area contributed by atoms with E-state index in [0.717, 1.165) is 33.5 Å². The second-order valence-corrected chi connectivity index (χ2v) is 10.2. The molecular formula is C27H28N4OS2. The molecule has 0 aliphatic carbocycles. The molecule has 0 spiro atoms. The van der Waals surface area contributed by atoms with Crippen molar-refractivity contribution in [2.75, 3.05) is 5.32 Å². The van der Waals surface area contributed by atoms with E-state index in [4.69, 9.17) is 0 Å². The van der Waals surface area contributed by atoms with Crippen LogP contribution in [0.3, 0.4) is 0 Å². The van der Waals surface area contributed by atoms with Gasteiger partial charge in [-0.25, -0.2) is 0 Å². The van der Waals surface area contributed by atoms with Crippen LogP contribution in [0.5, 0.6) is 0 Å². The zero-order chi connectivity index (χ0) is 23.9. The number of carbonyl (C=O) groups is 1. The Morgan fingerprint density at radius 1 is 0.912 bits per heavy atom. The monoisotopic (exact) mass is 488 g/mol. The summed E-state index contributed by atoms with van der Waals surface area (Å²) in [4.78, 5) is 14.4. The smallest absolute Gasteiger partial charge is 0.237 e. The number of thioether (sulfide) groups is 2. The maximum Gasteiger partial charge on any atom is 0.237 e. The summed E-state index contributed by atoms with van der Waals surface area (Å²) in [7, 11) is 0. The lowest BCUT2D eigenvalue weighted by Crippen LogP contribution is -2.26. The molecule has 0 saturated heterocycles. The van der Waals surface area contributed by atoms with Gasteiger partial charge in [0, 0.05) is 16.3 Å². The van der Waals surface area contributed by atoms with Gasteiger partial charge in [-0.2, -0.15) is 0 Å². The Hall–Kier alpha value is -3.03. The first-order valence-corrected chi connectivity index (χ1v) is 13.1. The topological polar surface area (TPSA) is 59.8 Å². The van der Waals surface area contributed by atoms with E-state index in [-0.39, 0.29) is 11.2 Å². The fraction of sp³-hybridized carbons (Fsp3) is 0.222. The molecule has 0 radical (unpaired) electrons. The zero-order valence-electron chi connectivity index (χ0n) is 19.6. The molecule has 5 nitrogen and oxygen atoms in total. The van der Waals surface area contributed by atoms with E-state index in [0.29, 0.717) is 12.2 Å². The molecule has 1 heterocycles. The number of nitrogens with one attached hydrogen (secondary N) is 1. The van der Waals surface area contributed by atoms with Crippen molar-refractivity contribution < 1.29 is 4.79 Å². The van der Waals surface area contributed by atoms with Gasteiger partial charge in [-0.05, 0) is 55.7 Å².